The van der Waals surface area contributed by atoms with E-state index in [9.17, 15) is 10.1 Å². The maximum atomic E-state index is 11.1. The zero-order chi connectivity index (χ0) is 15.6. The second-order valence-corrected chi connectivity index (χ2v) is 6.16. The summed E-state index contributed by atoms with van der Waals surface area (Å²) in [7, 11) is 2.12. The molecule has 1 heterocycles. The molecule has 1 aliphatic heterocycles. The molecule has 3 N–H and O–H groups in total. The van der Waals surface area contributed by atoms with E-state index in [0.717, 1.165) is 25.2 Å². The summed E-state index contributed by atoms with van der Waals surface area (Å²) in [6.45, 7) is 7.89. The number of rotatable bonds is 4. The largest absolute Gasteiger partial charge is 0.318 e. The van der Waals surface area contributed by atoms with E-state index in [1.807, 2.05) is 6.07 Å². The number of nitro groups is 1. The predicted molar refractivity (Wildman–Crippen MR) is 82.9 cm³/mol. The van der Waals surface area contributed by atoms with Crippen molar-refractivity contribution in [1.29, 1.82) is 0 Å². The number of hydrazine groups is 1. The lowest BCUT2D eigenvalue weighted by molar-refractivity contribution is -0.384. The quantitative estimate of drug-likeness (QED) is 0.496. The Bertz CT molecular complexity index is 532. The van der Waals surface area contributed by atoms with Gasteiger partial charge in [0.15, 0.2) is 0 Å². The van der Waals surface area contributed by atoms with Gasteiger partial charge in [-0.25, -0.2) is 0 Å². The summed E-state index contributed by atoms with van der Waals surface area (Å²) in [4.78, 5) is 15.3. The minimum Gasteiger partial charge on any atom is -0.318 e. The standard InChI is InChI=1S/C14H23N5O2/c1-14(2)10-18(8-7-17(14)3)9-11-5-4-6-12(19(20)21)13(11)16-15/h4-6,16H,7-10,15H2,1-3H3. The van der Waals surface area contributed by atoms with Crippen molar-refractivity contribution in [2.45, 2.75) is 25.9 Å². The van der Waals surface area contributed by atoms with Crippen molar-refractivity contribution < 1.29 is 4.92 Å². The van der Waals surface area contributed by atoms with Crippen LogP contribution in [-0.2, 0) is 6.54 Å². The van der Waals surface area contributed by atoms with Crippen LogP contribution in [0.4, 0.5) is 11.4 Å². The summed E-state index contributed by atoms with van der Waals surface area (Å²) in [6, 6.07) is 5.05. The van der Waals surface area contributed by atoms with Crippen LogP contribution in [0.1, 0.15) is 19.4 Å². The average Bonchev–Trinajstić information content (AvgIpc) is 2.42. The van der Waals surface area contributed by atoms with E-state index in [1.165, 1.54) is 6.07 Å². The highest BCUT2D eigenvalue weighted by atomic mass is 16.6. The molecule has 1 aromatic carbocycles. The molecule has 7 nitrogen and oxygen atoms in total. The first-order valence-electron chi connectivity index (χ1n) is 7.01. The molecule has 0 saturated carbocycles. The molecule has 0 bridgehead atoms. The number of piperazine rings is 1. The van der Waals surface area contributed by atoms with Gasteiger partial charge in [0.05, 0.1) is 4.92 Å². The highest BCUT2D eigenvalue weighted by Crippen LogP contribution is 2.29. The first-order chi connectivity index (χ1) is 9.85. The van der Waals surface area contributed by atoms with Gasteiger partial charge in [-0.15, -0.1) is 0 Å². The van der Waals surface area contributed by atoms with Gasteiger partial charge < -0.3 is 5.43 Å². The molecule has 7 heteroatoms. The third-order valence-corrected chi connectivity index (χ3v) is 4.26. The molecular formula is C14H23N5O2. The first kappa shape index (κ1) is 15.7. The van der Waals surface area contributed by atoms with Crippen molar-refractivity contribution in [1.82, 2.24) is 9.80 Å². The second-order valence-electron chi connectivity index (χ2n) is 6.16. The van der Waals surface area contributed by atoms with Crippen LogP contribution < -0.4 is 11.3 Å². The maximum Gasteiger partial charge on any atom is 0.293 e. The molecule has 0 amide bonds. The molecule has 1 aromatic rings. The average molecular weight is 293 g/mol. The Hall–Kier alpha value is -1.70. The fourth-order valence-corrected chi connectivity index (χ4v) is 2.75. The highest BCUT2D eigenvalue weighted by molar-refractivity contribution is 5.65. The number of nitrogens with zero attached hydrogens (tertiary/aromatic N) is 3. The van der Waals surface area contributed by atoms with E-state index in [1.54, 1.807) is 6.07 Å². The number of nitro benzene ring substituents is 1. The van der Waals surface area contributed by atoms with Crippen molar-refractivity contribution >= 4 is 11.4 Å². The van der Waals surface area contributed by atoms with Crippen LogP contribution in [0.15, 0.2) is 18.2 Å². The SMILES string of the molecule is CN1CCN(Cc2cccc([N+](=O)[O-])c2NN)CC1(C)C. The molecule has 1 fully saturated rings. The molecule has 0 atom stereocenters. The number of nitrogens with two attached hydrogens (primary N) is 1. The molecule has 21 heavy (non-hydrogen) atoms. The maximum absolute atomic E-state index is 11.1. The number of para-hydroxylation sites is 1. The van der Waals surface area contributed by atoms with E-state index in [4.69, 9.17) is 5.84 Å². The van der Waals surface area contributed by atoms with Gasteiger partial charge in [-0.1, -0.05) is 12.1 Å². The Balaban J connectivity index is 2.20. The van der Waals surface area contributed by atoms with Crippen LogP contribution in [0.3, 0.4) is 0 Å². The number of benzene rings is 1. The number of hydrogen-bond donors (Lipinski definition) is 2. The zero-order valence-corrected chi connectivity index (χ0v) is 12.8. The minimum absolute atomic E-state index is 0.0170. The molecule has 1 saturated heterocycles. The second kappa shape index (κ2) is 5.97. The first-order valence-corrected chi connectivity index (χ1v) is 7.01. The minimum atomic E-state index is -0.410. The summed E-state index contributed by atoms with van der Waals surface area (Å²) in [6.07, 6.45) is 0. The lowest BCUT2D eigenvalue weighted by atomic mass is 9.99. The normalized spacial score (nSPS) is 19.4. The third-order valence-electron chi connectivity index (χ3n) is 4.26. The summed E-state index contributed by atoms with van der Waals surface area (Å²) in [5.74, 6) is 5.49. The fourth-order valence-electron chi connectivity index (χ4n) is 2.75. The summed E-state index contributed by atoms with van der Waals surface area (Å²) in [5, 5.41) is 11.1. The zero-order valence-electron chi connectivity index (χ0n) is 12.8. The topological polar surface area (TPSA) is 87.7 Å². The smallest absolute Gasteiger partial charge is 0.293 e. The van der Waals surface area contributed by atoms with Gasteiger partial charge in [0.25, 0.3) is 5.69 Å². The molecule has 0 aromatic heterocycles. The number of likely N-dealkylation sites (N-methyl/N-ethyl adjacent to an activating group) is 1. The molecule has 0 unspecified atom stereocenters. The van der Waals surface area contributed by atoms with Crippen LogP contribution in [0.25, 0.3) is 0 Å². The van der Waals surface area contributed by atoms with Crippen LogP contribution in [0.5, 0.6) is 0 Å². The monoisotopic (exact) mass is 293 g/mol. The van der Waals surface area contributed by atoms with Crippen molar-refractivity contribution in [3.63, 3.8) is 0 Å². The number of anilines is 1. The molecule has 0 aliphatic carbocycles. The van der Waals surface area contributed by atoms with Gasteiger partial charge in [-0.3, -0.25) is 25.8 Å². The summed E-state index contributed by atoms with van der Waals surface area (Å²) >= 11 is 0. The Morgan fingerprint density at radius 3 is 2.71 bits per heavy atom. The van der Waals surface area contributed by atoms with Crippen LogP contribution in [-0.4, -0.2) is 46.9 Å². The molecule has 1 aliphatic rings. The molecule has 0 spiro atoms. The van der Waals surface area contributed by atoms with Gasteiger partial charge in [0.1, 0.15) is 5.69 Å². The van der Waals surface area contributed by atoms with Crippen LogP contribution in [0, 0.1) is 10.1 Å². The van der Waals surface area contributed by atoms with Crippen molar-refractivity contribution in [2.75, 3.05) is 32.1 Å². The Morgan fingerprint density at radius 2 is 2.14 bits per heavy atom. The van der Waals surface area contributed by atoms with Crippen LogP contribution >= 0.6 is 0 Å². The molecular weight excluding hydrogens is 270 g/mol. The fraction of sp³-hybridized carbons (Fsp3) is 0.571. The van der Waals surface area contributed by atoms with Gasteiger partial charge >= 0.3 is 0 Å². The number of nitrogen functional groups attached to an aromatic ring is 1. The van der Waals surface area contributed by atoms with E-state index in [0.29, 0.717) is 12.2 Å². The Labute approximate surface area is 124 Å². The van der Waals surface area contributed by atoms with E-state index in [-0.39, 0.29) is 11.2 Å². The van der Waals surface area contributed by atoms with Crippen LogP contribution in [0.2, 0.25) is 0 Å². The highest BCUT2D eigenvalue weighted by Gasteiger charge is 2.31. The van der Waals surface area contributed by atoms with E-state index >= 15 is 0 Å². The van der Waals surface area contributed by atoms with E-state index < -0.39 is 4.92 Å². The van der Waals surface area contributed by atoms with Crippen molar-refractivity contribution in [2.24, 2.45) is 5.84 Å². The third kappa shape index (κ3) is 3.31. The van der Waals surface area contributed by atoms with Crippen molar-refractivity contribution in [3.8, 4) is 0 Å². The number of nitrogens with one attached hydrogen (secondary N) is 1. The Morgan fingerprint density at radius 1 is 1.43 bits per heavy atom. The summed E-state index contributed by atoms with van der Waals surface area (Å²) in [5.41, 5.74) is 3.85. The molecule has 116 valence electrons. The van der Waals surface area contributed by atoms with Gasteiger partial charge in [0.2, 0.25) is 0 Å². The van der Waals surface area contributed by atoms with Crippen molar-refractivity contribution in [3.05, 3.63) is 33.9 Å². The molecule has 2 rings (SSSR count). The Kier molecular flexibility index (Phi) is 4.46. The summed E-state index contributed by atoms with van der Waals surface area (Å²) < 4.78 is 0. The van der Waals surface area contributed by atoms with Gasteiger partial charge in [-0.2, -0.15) is 0 Å². The van der Waals surface area contributed by atoms with Gasteiger partial charge in [0, 0.05) is 37.8 Å². The van der Waals surface area contributed by atoms with E-state index in [2.05, 4.69) is 36.1 Å². The molecule has 0 radical (unpaired) electrons. The predicted octanol–water partition coefficient (Wildman–Crippen LogP) is 1.41. The number of hydrogen-bond acceptors (Lipinski definition) is 6. The van der Waals surface area contributed by atoms with Gasteiger partial charge in [-0.05, 0) is 26.5 Å². The lowest BCUT2D eigenvalue weighted by Crippen LogP contribution is -2.57. The lowest BCUT2D eigenvalue weighted by Gasteiger charge is -2.45.